The molecule has 1 unspecified atom stereocenters. The monoisotopic (exact) mass is 440 g/mol. The van der Waals surface area contributed by atoms with Gasteiger partial charge in [0, 0.05) is 17.3 Å². The minimum atomic E-state index is -0.217. The molecule has 0 aromatic rings. The van der Waals surface area contributed by atoms with Crippen LogP contribution in [0.3, 0.4) is 0 Å². The third-order valence-electron chi connectivity index (χ3n) is 13.4. The number of hydrogen-bond acceptors (Lipinski definition) is 2. The van der Waals surface area contributed by atoms with Crippen LogP contribution >= 0.6 is 0 Å². The van der Waals surface area contributed by atoms with Gasteiger partial charge in [-0.25, -0.2) is 0 Å². The van der Waals surface area contributed by atoms with E-state index < -0.39 is 0 Å². The summed E-state index contributed by atoms with van der Waals surface area (Å²) < 4.78 is 0. The number of carbonyl (C=O) groups is 1. The normalized spacial score (nSPS) is 56.9. The molecular formula is C30H48O2. The summed E-state index contributed by atoms with van der Waals surface area (Å²) in [5, 5.41) is 11.7. The van der Waals surface area contributed by atoms with Gasteiger partial charge in [-0.3, -0.25) is 4.79 Å². The number of carbonyl (C=O) groups excluding carboxylic acids is 1. The molecule has 0 amide bonds. The molecule has 2 heteroatoms. The van der Waals surface area contributed by atoms with Gasteiger partial charge in [0.05, 0.1) is 6.10 Å². The molecule has 1 N–H and O–H groups in total. The lowest BCUT2D eigenvalue weighted by Crippen LogP contribution is -2.68. The number of hydrogen-bond donors (Lipinski definition) is 1. The van der Waals surface area contributed by atoms with E-state index in [9.17, 15) is 9.90 Å². The average molecular weight is 441 g/mol. The Kier molecular flexibility index (Phi) is 4.87. The Labute approximate surface area is 197 Å². The number of aliphatic hydroxyl groups excluding tert-OH is 1. The quantitative estimate of drug-likeness (QED) is 0.404. The molecule has 5 aliphatic rings. The highest BCUT2D eigenvalue weighted by atomic mass is 16.3. The van der Waals surface area contributed by atoms with Crippen molar-refractivity contribution in [2.45, 2.75) is 113 Å². The van der Waals surface area contributed by atoms with Gasteiger partial charge >= 0.3 is 0 Å². The van der Waals surface area contributed by atoms with Crippen LogP contribution in [-0.2, 0) is 4.79 Å². The third kappa shape index (κ3) is 2.55. The number of fused-ring (bicyclic) bond motifs is 7. The maximum Gasteiger partial charge on any atom is 0.138 e. The highest BCUT2D eigenvalue weighted by molar-refractivity contribution is 5.85. The second kappa shape index (κ2) is 6.73. The van der Waals surface area contributed by atoms with Crippen molar-refractivity contribution >= 4 is 5.78 Å². The van der Waals surface area contributed by atoms with Crippen LogP contribution in [0.2, 0.25) is 0 Å². The highest BCUT2D eigenvalue weighted by Crippen LogP contribution is 2.76. The lowest BCUT2D eigenvalue weighted by molar-refractivity contribution is -0.257. The highest BCUT2D eigenvalue weighted by Gasteiger charge is 2.71. The second-order valence-corrected chi connectivity index (χ2v) is 14.5. The number of allylic oxidation sites excluding steroid dienone is 2. The SMILES string of the molecule is CC1=CC[C@]2(C)C(O)C[C@]3(C)[C@H](CC[C@@H]4[C@@]5(C)CCC(=O)C(C)(C)[C@@H]5CC[C@]43C)[C@H]2[C@@H]1C. The van der Waals surface area contributed by atoms with Crippen LogP contribution in [0.5, 0.6) is 0 Å². The molecule has 2 nitrogen and oxygen atoms in total. The Bertz CT molecular complexity index is 855. The van der Waals surface area contributed by atoms with Crippen molar-refractivity contribution in [2.24, 2.45) is 56.7 Å². The van der Waals surface area contributed by atoms with Crippen molar-refractivity contribution < 1.29 is 9.90 Å². The van der Waals surface area contributed by atoms with E-state index >= 15 is 0 Å². The molecule has 4 fully saturated rings. The summed E-state index contributed by atoms with van der Waals surface area (Å²) in [4.78, 5) is 12.9. The van der Waals surface area contributed by atoms with Gasteiger partial charge in [0.1, 0.15) is 5.78 Å². The summed E-state index contributed by atoms with van der Waals surface area (Å²) in [7, 11) is 0. The minimum Gasteiger partial charge on any atom is -0.393 e. The Hall–Kier alpha value is -0.630. The van der Waals surface area contributed by atoms with Gasteiger partial charge in [0.15, 0.2) is 0 Å². The molecular weight excluding hydrogens is 392 g/mol. The summed E-state index contributed by atoms with van der Waals surface area (Å²) in [6.07, 6.45) is 11.1. The van der Waals surface area contributed by atoms with Crippen LogP contribution in [0.15, 0.2) is 11.6 Å². The van der Waals surface area contributed by atoms with Crippen molar-refractivity contribution in [3.8, 4) is 0 Å². The van der Waals surface area contributed by atoms with Gasteiger partial charge in [-0.05, 0) is 97.7 Å². The largest absolute Gasteiger partial charge is 0.393 e. The molecule has 4 saturated carbocycles. The number of ketones is 1. The van der Waals surface area contributed by atoms with Crippen LogP contribution in [0.1, 0.15) is 107 Å². The Balaban J connectivity index is 1.58. The standard InChI is InChI=1S/C30H48O2/c1-18-11-14-28(6)24(32)17-30(8)20(25(28)19(18)2)9-10-22-27(5)15-13-23(31)26(3,4)21(27)12-16-29(22,30)7/h11,19-22,24-25,32H,9-10,12-17H2,1-8H3/t19-,20-,21+,22-,24?,25-,27+,28-,29-,30-/m1/s1. The first kappa shape index (κ1) is 23.1. The Morgan fingerprint density at radius 2 is 1.59 bits per heavy atom. The van der Waals surface area contributed by atoms with E-state index in [0.29, 0.717) is 35.4 Å². The maximum absolute atomic E-state index is 12.9. The molecule has 0 bridgehead atoms. The van der Waals surface area contributed by atoms with E-state index in [4.69, 9.17) is 0 Å². The smallest absolute Gasteiger partial charge is 0.138 e. The van der Waals surface area contributed by atoms with Crippen molar-refractivity contribution in [1.82, 2.24) is 0 Å². The van der Waals surface area contributed by atoms with Gasteiger partial charge < -0.3 is 5.11 Å². The molecule has 32 heavy (non-hydrogen) atoms. The average Bonchev–Trinajstić information content (AvgIpc) is 2.70. The zero-order chi connectivity index (χ0) is 23.5. The van der Waals surface area contributed by atoms with Crippen LogP contribution in [0, 0.1) is 56.7 Å². The van der Waals surface area contributed by atoms with E-state index in [1.807, 2.05) is 0 Å². The lowest BCUT2D eigenvalue weighted by Gasteiger charge is -2.73. The molecule has 0 aliphatic heterocycles. The maximum atomic E-state index is 12.9. The van der Waals surface area contributed by atoms with Crippen LogP contribution in [-0.4, -0.2) is 17.0 Å². The summed E-state index contributed by atoms with van der Waals surface area (Å²) in [5.41, 5.74) is 2.04. The van der Waals surface area contributed by atoms with Crippen molar-refractivity contribution in [3.05, 3.63) is 11.6 Å². The van der Waals surface area contributed by atoms with Crippen LogP contribution in [0.25, 0.3) is 0 Å². The molecule has 0 aromatic heterocycles. The molecule has 10 atom stereocenters. The predicted octanol–water partition coefficient (Wildman–Crippen LogP) is 7.20. The van der Waals surface area contributed by atoms with Gasteiger partial charge in [0.2, 0.25) is 0 Å². The molecule has 0 saturated heterocycles. The van der Waals surface area contributed by atoms with Crippen LogP contribution in [0.4, 0.5) is 0 Å². The van der Waals surface area contributed by atoms with E-state index in [1.165, 1.54) is 25.7 Å². The number of rotatable bonds is 0. The molecule has 180 valence electrons. The van der Waals surface area contributed by atoms with Gasteiger partial charge in [-0.1, -0.05) is 60.1 Å². The zero-order valence-electron chi connectivity index (χ0n) is 22.1. The lowest BCUT2D eigenvalue weighted by atomic mass is 9.31. The van der Waals surface area contributed by atoms with Gasteiger partial charge in [-0.15, -0.1) is 0 Å². The first-order valence-electron chi connectivity index (χ1n) is 13.6. The first-order valence-corrected chi connectivity index (χ1v) is 13.6. The number of Topliss-reactive ketones (excluding diaryl/α,β-unsaturated/α-hetero) is 1. The minimum absolute atomic E-state index is 0.0205. The molecule has 0 aromatic carbocycles. The predicted molar refractivity (Wildman–Crippen MR) is 131 cm³/mol. The van der Waals surface area contributed by atoms with E-state index in [-0.39, 0.29) is 33.2 Å². The zero-order valence-corrected chi connectivity index (χ0v) is 22.1. The summed E-state index contributed by atoms with van der Waals surface area (Å²) in [6.45, 7) is 19.4. The van der Waals surface area contributed by atoms with Crippen LogP contribution < -0.4 is 0 Å². The molecule has 0 spiro atoms. The Morgan fingerprint density at radius 3 is 2.28 bits per heavy atom. The molecule has 5 rings (SSSR count). The Morgan fingerprint density at radius 1 is 0.906 bits per heavy atom. The summed E-state index contributed by atoms with van der Waals surface area (Å²) in [5.74, 6) is 3.49. The van der Waals surface area contributed by atoms with Crippen molar-refractivity contribution in [1.29, 1.82) is 0 Å². The van der Waals surface area contributed by atoms with Crippen molar-refractivity contribution in [2.75, 3.05) is 0 Å². The first-order chi connectivity index (χ1) is 14.7. The topological polar surface area (TPSA) is 37.3 Å². The molecule has 0 radical (unpaired) electrons. The summed E-state index contributed by atoms with van der Waals surface area (Å²) in [6, 6.07) is 0. The number of aliphatic hydroxyl groups is 1. The van der Waals surface area contributed by atoms with Crippen molar-refractivity contribution in [3.63, 3.8) is 0 Å². The van der Waals surface area contributed by atoms with Gasteiger partial charge in [-0.2, -0.15) is 0 Å². The van der Waals surface area contributed by atoms with E-state index in [1.54, 1.807) is 5.57 Å². The summed E-state index contributed by atoms with van der Waals surface area (Å²) >= 11 is 0. The van der Waals surface area contributed by atoms with Gasteiger partial charge in [0.25, 0.3) is 0 Å². The molecule has 5 aliphatic carbocycles. The fourth-order valence-electron chi connectivity index (χ4n) is 11.1. The molecule has 0 heterocycles. The fourth-order valence-corrected chi connectivity index (χ4v) is 11.1. The fraction of sp³-hybridized carbons (Fsp3) is 0.900. The third-order valence-corrected chi connectivity index (χ3v) is 13.4. The van der Waals surface area contributed by atoms with E-state index in [0.717, 1.165) is 25.7 Å². The van der Waals surface area contributed by atoms with E-state index in [2.05, 4.69) is 61.5 Å². The second-order valence-electron chi connectivity index (χ2n) is 14.5.